The Kier molecular flexibility index (Phi) is 5.53. The molecule has 0 unspecified atom stereocenters. The van der Waals surface area contributed by atoms with Crippen LogP contribution < -0.4 is 15.5 Å². The van der Waals surface area contributed by atoms with Crippen molar-refractivity contribution in [2.24, 2.45) is 0 Å². The van der Waals surface area contributed by atoms with E-state index in [0.717, 1.165) is 18.8 Å². The lowest BCUT2D eigenvalue weighted by molar-refractivity contribution is -0.116. The highest BCUT2D eigenvalue weighted by atomic mass is 19.1. The fourth-order valence-corrected chi connectivity index (χ4v) is 3.05. The minimum atomic E-state index is -0.469. The number of nitrogens with zero attached hydrogens (tertiary/aromatic N) is 1. The summed E-state index contributed by atoms with van der Waals surface area (Å²) in [6.07, 6.45) is 3.78. The van der Waals surface area contributed by atoms with E-state index < -0.39 is 6.04 Å². The molecule has 4 nitrogen and oxygen atoms in total. The first-order chi connectivity index (χ1) is 12.1. The summed E-state index contributed by atoms with van der Waals surface area (Å²) in [5.74, 6) is -0.485. The van der Waals surface area contributed by atoms with Gasteiger partial charge < -0.3 is 15.5 Å². The molecule has 1 saturated heterocycles. The highest BCUT2D eigenvalue weighted by Crippen LogP contribution is 2.22. The topological polar surface area (TPSA) is 44.4 Å². The zero-order valence-corrected chi connectivity index (χ0v) is 14.5. The molecule has 2 aromatic rings. The van der Waals surface area contributed by atoms with Crippen molar-refractivity contribution >= 4 is 23.0 Å². The molecule has 1 aliphatic heterocycles. The molecule has 0 aromatic heterocycles. The number of nitrogens with one attached hydrogen (secondary N) is 2. The van der Waals surface area contributed by atoms with Gasteiger partial charge in [-0.3, -0.25) is 4.79 Å². The van der Waals surface area contributed by atoms with E-state index in [2.05, 4.69) is 15.5 Å². The quantitative estimate of drug-likeness (QED) is 0.854. The zero-order chi connectivity index (χ0) is 17.6. The number of benzene rings is 2. The smallest absolute Gasteiger partial charge is 0.246 e. The second-order valence-electron chi connectivity index (χ2n) is 6.46. The van der Waals surface area contributed by atoms with Crippen molar-refractivity contribution in [3.05, 3.63) is 54.3 Å². The van der Waals surface area contributed by atoms with E-state index in [0.29, 0.717) is 5.69 Å². The fraction of sp³-hybridized carbons (Fsp3) is 0.350. The molecule has 1 heterocycles. The van der Waals surface area contributed by atoms with Crippen LogP contribution in [-0.2, 0) is 4.79 Å². The molecular weight excluding hydrogens is 317 g/mol. The number of halogens is 1. The molecule has 3 rings (SSSR count). The van der Waals surface area contributed by atoms with Crippen LogP contribution in [0.5, 0.6) is 0 Å². The van der Waals surface area contributed by atoms with Crippen LogP contribution in [0.3, 0.4) is 0 Å². The second kappa shape index (κ2) is 8.01. The Balaban J connectivity index is 1.56. The average Bonchev–Trinajstić information content (AvgIpc) is 2.63. The monoisotopic (exact) mass is 341 g/mol. The summed E-state index contributed by atoms with van der Waals surface area (Å²) >= 11 is 0. The molecule has 1 fully saturated rings. The maximum Gasteiger partial charge on any atom is 0.246 e. The Labute approximate surface area is 148 Å². The summed E-state index contributed by atoms with van der Waals surface area (Å²) in [5.41, 5.74) is 2.55. The molecule has 2 N–H and O–H groups in total. The van der Waals surface area contributed by atoms with E-state index in [-0.39, 0.29) is 11.7 Å². The molecule has 2 aromatic carbocycles. The first kappa shape index (κ1) is 17.3. The van der Waals surface area contributed by atoms with Crippen LogP contribution in [-0.4, -0.2) is 25.0 Å². The molecule has 0 radical (unpaired) electrons. The number of carbonyl (C=O) groups is 1. The van der Waals surface area contributed by atoms with Gasteiger partial charge in [0.25, 0.3) is 0 Å². The molecule has 1 aliphatic rings. The summed E-state index contributed by atoms with van der Waals surface area (Å²) in [7, 11) is 0. The molecule has 0 spiro atoms. The molecule has 1 atom stereocenters. The van der Waals surface area contributed by atoms with Crippen LogP contribution in [0.15, 0.2) is 48.5 Å². The Morgan fingerprint density at radius 2 is 1.76 bits per heavy atom. The molecule has 5 heteroatoms. The van der Waals surface area contributed by atoms with E-state index in [1.165, 1.54) is 37.1 Å². The van der Waals surface area contributed by atoms with Gasteiger partial charge in [0, 0.05) is 30.2 Å². The molecule has 25 heavy (non-hydrogen) atoms. The first-order valence-corrected chi connectivity index (χ1v) is 8.80. The van der Waals surface area contributed by atoms with Crippen LogP contribution in [0.25, 0.3) is 0 Å². The summed E-state index contributed by atoms with van der Waals surface area (Å²) in [4.78, 5) is 14.7. The van der Waals surface area contributed by atoms with E-state index >= 15 is 0 Å². The predicted molar refractivity (Wildman–Crippen MR) is 101 cm³/mol. The Hall–Kier alpha value is -2.56. The Morgan fingerprint density at radius 3 is 2.44 bits per heavy atom. The van der Waals surface area contributed by atoms with Crippen molar-refractivity contribution in [1.29, 1.82) is 0 Å². The predicted octanol–water partition coefficient (Wildman–Crippen LogP) is 4.26. The zero-order valence-electron chi connectivity index (χ0n) is 14.5. The summed E-state index contributed by atoms with van der Waals surface area (Å²) in [6, 6.07) is 13.6. The molecule has 132 valence electrons. The van der Waals surface area contributed by atoms with Crippen molar-refractivity contribution in [3.8, 4) is 0 Å². The van der Waals surface area contributed by atoms with Gasteiger partial charge >= 0.3 is 0 Å². The highest BCUT2D eigenvalue weighted by molar-refractivity contribution is 5.96. The van der Waals surface area contributed by atoms with Gasteiger partial charge in [0.15, 0.2) is 0 Å². The van der Waals surface area contributed by atoms with E-state index in [9.17, 15) is 9.18 Å². The van der Waals surface area contributed by atoms with E-state index in [4.69, 9.17) is 0 Å². The van der Waals surface area contributed by atoms with Crippen molar-refractivity contribution < 1.29 is 9.18 Å². The van der Waals surface area contributed by atoms with Gasteiger partial charge in [-0.1, -0.05) is 6.07 Å². The SMILES string of the molecule is C[C@H](Nc1cccc(F)c1)C(=O)Nc1ccc(N2CCCCC2)cc1. The van der Waals surface area contributed by atoms with Crippen LogP contribution in [0.1, 0.15) is 26.2 Å². The van der Waals surface area contributed by atoms with Crippen molar-refractivity contribution in [2.45, 2.75) is 32.2 Å². The van der Waals surface area contributed by atoms with Gasteiger partial charge in [0.2, 0.25) is 5.91 Å². The van der Waals surface area contributed by atoms with Crippen LogP contribution in [0, 0.1) is 5.82 Å². The molecule has 0 saturated carbocycles. The minimum absolute atomic E-state index is 0.157. The second-order valence-corrected chi connectivity index (χ2v) is 6.46. The Morgan fingerprint density at radius 1 is 1.04 bits per heavy atom. The van der Waals surface area contributed by atoms with Crippen LogP contribution in [0.2, 0.25) is 0 Å². The summed E-state index contributed by atoms with van der Waals surface area (Å²) in [6.45, 7) is 3.95. The number of rotatable bonds is 5. The number of amides is 1. The van der Waals surface area contributed by atoms with Gasteiger partial charge in [0.05, 0.1) is 0 Å². The van der Waals surface area contributed by atoms with Gasteiger partial charge in [-0.25, -0.2) is 4.39 Å². The van der Waals surface area contributed by atoms with Crippen molar-refractivity contribution in [3.63, 3.8) is 0 Å². The number of hydrogen-bond donors (Lipinski definition) is 2. The number of piperidine rings is 1. The molecule has 0 bridgehead atoms. The third-order valence-electron chi connectivity index (χ3n) is 4.46. The highest BCUT2D eigenvalue weighted by Gasteiger charge is 2.14. The maximum absolute atomic E-state index is 13.2. The number of anilines is 3. The van der Waals surface area contributed by atoms with Crippen LogP contribution in [0.4, 0.5) is 21.5 Å². The summed E-state index contributed by atoms with van der Waals surface area (Å²) in [5, 5.41) is 5.90. The summed E-state index contributed by atoms with van der Waals surface area (Å²) < 4.78 is 13.2. The Bertz CT molecular complexity index is 711. The minimum Gasteiger partial charge on any atom is -0.374 e. The largest absolute Gasteiger partial charge is 0.374 e. The number of hydrogen-bond acceptors (Lipinski definition) is 3. The van der Waals surface area contributed by atoms with Crippen LogP contribution >= 0.6 is 0 Å². The van der Waals surface area contributed by atoms with Gasteiger partial charge in [-0.05, 0) is 68.7 Å². The van der Waals surface area contributed by atoms with E-state index in [1.54, 1.807) is 19.1 Å². The van der Waals surface area contributed by atoms with Gasteiger partial charge in [0.1, 0.15) is 11.9 Å². The lowest BCUT2D eigenvalue weighted by atomic mass is 10.1. The van der Waals surface area contributed by atoms with Gasteiger partial charge in [-0.15, -0.1) is 0 Å². The van der Waals surface area contributed by atoms with Crippen molar-refractivity contribution in [2.75, 3.05) is 28.6 Å². The lowest BCUT2D eigenvalue weighted by Crippen LogP contribution is -2.32. The lowest BCUT2D eigenvalue weighted by Gasteiger charge is -2.28. The maximum atomic E-state index is 13.2. The molecule has 1 amide bonds. The van der Waals surface area contributed by atoms with E-state index in [1.807, 2.05) is 24.3 Å². The standard InChI is InChI=1S/C20H24FN3O/c1-15(22-18-7-5-6-16(21)14-18)20(25)23-17-8-10-19(11-9-17)24-12-3-2-4-13-24/h5-11,14-15,22H,2-4,12-13H2,1H3,(H,23,25)/t15-/m0/s1. The fourth-order valence-electron chi connectivity index (χ4n) is 3.05. The third-order valence-corrected chi connectivity index (χ3v) is 4.46. The third kappa shape index (κ3) is 4.72. The normalized spacial score (nSPS) is 15.5. The van der Waals surface area contributed by atoms with Crippen molar-refractivity contribution in [1.82, 2.24) is 0 Å². The van der Waals surface area contributed by atoms with Gasteiger partial charge in [-0.2, -0.15) is 0 Å². The first-order valence-electron chi connectivity index (χ1n) is 8.80. The molecular formula is C20H24FN3O. The number of carbonyl (C=O) groups excluding carboxylic acids is 1. The average molecular weight is 341 g/mol. The molecule has 0 aliphatic carbocycles.